The van der Waals surface area contributed by atoms with Crippen molar-refractivity contribution in [3.8, 4) is 0 Å². The van der Waals surface area contributed by atoms with Gasteiger partial charge in [0.05, 0.1) is 6.54 Å². The van der Waals surface area contributed by atoms with Crippen LogP contribution in [0.25, 0.3) is 0 Å². The summed E-state index contributed by atoms with van der Waals surface area (Å²) in [6.45, 7) is 0.671. The number of carbonyl (C=O) groups excluding carboxylic acids is 1. The van der Waals surface area contributed by atoms with Crippen LogP contribution in [-0.4, -0.2) is 25.7 Å². The fourth-order valence-electron chi connectivity index (χ4n) is 1.45. The fourth-order valence-corrected chi connectivity index (χ4v) is 1.45. The second kappa shape index (κ2) is 5.76. The summed E-state index contributed by atoms with van der Waals surface area (Å²) in [5.74, 6) is 0.461. The molecule has 18 heavy (non-hydrogen) atoms. The van der Waals surface area contributed by atoms with E-state index in [-0.39, 0.29) is 17.9 Å². The first-order chi connectivity index (χ1) is 8.75. The zero-order chi connectivity index (χ0) is 12.8. The zero-order valence-corrected chi connectivity index (χ0v) is 9.67. The molecule has 0 fully saturated rings. The molecule has 0 radical (unpaired) electrons. The molecule has 1 amide bonds. The third-order valence-corrected chi connectivity index (χ3v) is 2.40. The van der Waals surface area contributed by atoms with Crippen LogP contribution in [0.15, 0.2) is 35.5 Å². The van der Waals surface area contributed by atoms with Gasteiger partial charge in [-0.15, -0.1) is 0 Å². The Labute approximate surface area is 103 Å². The number of hydrogen-bond acceptors (Lipinski definition) is 4. The molecule has 7 heteroatoms. The molecule has 0 aliphatic rings. The quantitative estimate of drug-likeness (QED) is 0.756. The van der Waals surface area contributed by atoms with E-state index in [4.69, 9.17) is 0 Å². The lowest BCUT2D eigenvalue weighted by Crippen LogP contribution is -2.26. The maximum atomic E-state index is 11.5. The molecule has 0 bridgehead atoms. The average Bonchev–Trinajstić information content (AvgIpc) is 2.88. The van der Waals surface area contributed by atoms with Crippen LogP contribution < -0.4 is 10.9 Å². The van der Waals surface area contributed by atoms with Gasteiger partial charge in [-0.25, -0.2) is 4.98 Å². The van der Waals surface area contributed by atoms with Gasteiger partial charge < -0.3 is 9.88 Å². The standard InChI is InChI=1S/C11H13N5O2/c17-10(12-7-9-13-8-14-15-9)4-6-16-5-2-1-3-11(16)18/h1-3,5,8H,4,6-7H2,(H,12,17)(H,13,14,15). The maximum Gasteiger partial charge on any atom is 0.250 e. The summed E-state index contributed by atoms with van der Waals surface area (Å²) in [6, 6.07) is 4.89. The topological polar surface area (TPSA) is 92.7 Å². The van der Waals surface area contributed by atoms with E-state index in [9.17, 15) is 9.59 Å². The number of nitrogens with one attached hydrogen (secondary N) is 2. The van der Waals surface area contributed by atoms with E-state index in [1.165, 1.54) is 17.0 Å². The molecule has 7 nitrogen and oxygen atoms in total. The number of H-pyrrole nitrogens is 1. The summed E-state index contributed by atoms with van der Waals surface area (Å²) >= 11 is 0. The van der Waals surface area contributed by atoms with Gasteiger partial charge in [0.1, 0.15) is 12.2 Å². The van der Waals surface area contributed by atoms with Gasteiger partial charge >= 0.3 is 0 Å². The lowest BCUT2D eigenvalue weighted by Gasteiger charge is -2.05. The van der Waals surface area contributed by atoms with Crippen molar-refractivity contribution >= 4 is 5.91 Å². The number of pyridine rings is 1. The van der Waals surface area contributed by atoms with Crippen molar-refractivity contribution in [3.63, 3.8) is 0 Å². The Morgan fingerprint density at radius 2 is 2.33 bits per heavy atom. The summed E-state index contributed by atoms with van der Waals surface area (Å²) in [4.78, 5) is 26.8. The second-order valence-corrected chi connectivity index (χ2v) is 3.69. The minimum atomic E-state index is -0.137. The number of nitrogens with zero attached hydrogens (tertiary/aromatic N) is 3. The van der Waals surface area contributed by atoms with Gasteiger partial charge in [-0.1, -0.05) is 6.07 Å². The number of carbonyl (C=O) groups is 1. The highest BCUT2D eigenvalue weighted by atomic mass is 16.1. The molecule has 2 heterocycles. The summed E-state index contributed by atoms with van der Waals surface area (Å²) in [6.07, 6.45) is 3.29. The van der Waals surface area contributed by atoms with Crippen LogP contribution in [0.1, 0.15) is 12.2 Å². The van der Waals surface area contributed by atoms with Crippen LogP contribution in [0.4, 0.5) is 0 Å². The van der Waals surface area contributed by atoms with E-state index < -0.39 is 0 Å². The van der Waals surface area contributed by atoms with Crippen LogP contribution in [0.5, 0.6) is 0 Å². The van der Waals surface area contributed by atoms with Gasteiger partial charge in [-0.2, -0.15) is 5.10 Å². The molecule has 0 aromatic carbocycles. The summed E-state index contributed by atoms with van der Waals surface area (Å²) in [5, 5.41) is 9.00. The van der Waals surface area contributed by atoms with Crippen molar-refractivity contribution in [1.82, 2.24) is 25.1 Å². The molecule has 2 aromatic rings. The van der Waals surface area contributed by atoms with E-state index in [0.717, 1.165) is 0 Å². The Bertz CT molecular complexity index is 561. The van der Waals surface area contributed by atoms with Gasteiger partial charge in [-0.05, 0) is 6.07 Å². The highest BCUT2D eigenvalue weighted by molar-refractivity contribution is 5.75. The average molecular weight is 247 g/mol. The number of aryl methyl sites for hydroxylation is 1. The Morgan fingerprint density at radius 1 is 1.44 bits per heavy atom. The molecule has 0 saturated carbocycles. The van der Waals surface area contributed by atoms with Crippen LogP contribution >= 0.6 is 0 Å². The number of rotatable bonds is 5. The summed E-state index contributed by atoms with van der Waals surface area (Å²) in [5.41, 5.74) is -0.111. The minimum Gasteiger partial charge on any atom is -0.349 e. The van der Waals surface area contributed by atoms with Crippen LogP contribution in [0, 0.1) is 0 Å². The van der Waals surface area contributed by atoms with Gasteiger partial charge in [0, 0.05) is 25.2 Å². The molecule has 0 saturated heterocycles. The minimum absolute atomic E-state index is 0.111. The Kier molecular flexibility index (Phi) is 3.85. The molecule has 2 rings (SSSR count). The van der Waals surface area contributed by atoms with E-state index in [1.807, 2.05) is 0 Å². The molecule has 2 N–H and O–H groups in total. The van der Waals surface area contributed by atoms with Crippen molar-refractivity contribution in [2.24, 2.45) is 0 Å². The van der Waals surface area contributed by atoms with Gasteiger partial charge in [0.15, 0.2) is 0 Å². The number of amides is 1. The van der Waals surface area contributed by atoms with E-state index in [1.54, 1.807) is 18.3 Å². The molecule has 0 aliphatic carbocycles. The van der Waals surface area contributed by atoms with Crippen LogP contribution in [-0.2, 0) is 17.9 Å². The highest BCUT2D eigenvalue weighted by Gasteiger charge is 2.03. The number of hydrogen-bond donors (Lipinski definition) is 2. The van der Waals surface area contributed by atoms with Crippen molar-refractivity contribution < 1.29 is 4.79 Å². The lowest BCUT2D eigenvalue weighted by molar-refractivity contribution is -0.121. The normalized spacial score (nSPS) is 10.2. The largest absolute Gasteiger partial charge is 0.349 e. The maximum absolute atomic E-state index is 11.5. The SMILES string of the molecule is O=C(CCn1ccccc1=O)NCc1ncn[nH]1. The predicted octanol–water partition coefficient (Wildman–Crippen LogP) is -0.327. The van der Waals surface area contributed by atoms with Gasteiger partial charge in [0.2, 0.25) is 5.91 Å². The molecule has 2 aromatic heterocycles. The van der Waals surface area contributed by atoms with Crippen molar-refractivity contribution in [3.05, 3.63) is 46.9 Å². The predicted molar refractivity (Wildman–Crippen MR) is 63.5 cm³/mol. The monoisotopic (exact) mass is 247 g/mol. The molecular weight excluding hydrogens is 234 g/mol. The lowest BCUT2D eigenvalue weighted by atomic mass is 10.3. The molecular formula is C11H13N5O2. The number of aromatic nitrogens is 4. The van der Waals surface area contributed by atoms with Crippen molar-refractivity contribution in [2.75, 3.05) is 0 Å². The third kappa shape index (κ3) is 3.27. The summed E-state index contributed by atoms with van der Waals surface area (Å²) < 4.78 is 1.49. The first-order valence-corrected chi connectivity index (χ1v) is 5.52. The van der Waals surface area contributed by atoms with Crippen molar-refractivity contribution in [1.29, 1.82) is 0 Å². The zero-order valence-electron chi connectivity index (χ0n) is 9.67. The Hall–Kier alpha value is -2.44. The number of aromatic amines is 1. The smallest absolute Gasteiger partial charge is 0.250 e. The van der Waals surface area contributed by atoms with E-state index in [0.29, 0.717) is 18.9 Å². The van der Waals surface area contributed by atoms with Crippen LogP contribution in [0.2, 0.25) is 0 Å². The molecule has 0 unspecified atom stereocenters. The van der Waals surface area contributed by atoms with Gasteiger partial charge in [-0.3, -0.25) is 14.7 Å². The van der Waals surface area contributed by atoms with E-state index in [2.05, 4.69) is 20.5 Å². The fraction of sp³-hybridized carbons (Fsp3) is 0.273. The second-order valence-electron chi connectivity index (χ2n) is 3.69. The first kappa shape index (κ1) is 12.0. The Balaban J connectivity index is 1.78. The van der Waals surface area contributed by atoms with E-state index >= 15 is 0 Å². The molecule has 0 atom stereocenters. The van der Waals surface area contributed by atoms with Crippen molar-refractivity contribution in [2.45, 2.75) is 19.5 Å². The molecule has 0 spiro atoms. The third-order valence-electron chi connectivity index (χ3n) is 2.40. The summed E-state index contributed by atoms with van der Waals surface area (Å²) in [7, 11) is 0. The molecule has 94 valence electrons. The highest BCUT2D eigenvalue weighted by Crippen LogP contribution is 1.90. The van der Waals surface area contributed by atoms with Crippen LogP contribution in [0.3, 0.4) is 0 Å². The first-order valence-electron chi connectivity index (χ1n) is 5.52. The molecule has 0 aliphatic heterocycles. The van der Waals surface area contributed by atoms with Gasteiger partial charge in [0.25, 0.3) is 5.56 Å². The Morgan fingerprint density at radius 3 is 3.06 bits per heavy atom.